The Labute approximate surface area is 137 Å². The van der Waals surface area contributed by atoms with Gasteiger partial charge in [-0.2, -0.15) is 4.98 Å². The summed E-state index contributed by atoms with van der Waals surface area (Å²) in [4.78, 5) is 18.9. The maximum atomic E-state index is 10.8. The van der Waals surface area contributed by atoms with E-state index in [2.05, 4.69) is 19.9 Å². The highest BCUT2D eigenvalue weighted by atomic mass is 35.5. The quantitative estimate of drug-likeness (QED) is 0.624. The Kier molecular flexibility index (Phi) is 4.44. The minimum atomic E-state index is -0.444. The van der Waals surface area contributed by atoms with Crippen molar-refractivity contribution >= 4 is 23.0 Å². The van der Waals surface area contributed by atoms with E-state index < -0.39 is 4.92 Å². The van der Waals surface area contributed by atoms with Crippen molar-refractivity contribution < 1.29 is 9.45 Å². The van der Waals surface area contributed by atoms with Crippen molar-refractivity contribution in [3.05, 3.63) is 45.1 Å². The van der Waals surface area contributed by atoms with Crippen LogP contribution in [0.3, 0.4) is 0 Å². The van der Waals surface area contributed by atoms with Crippen molar-refractivity contribution in [1.82, 2.24) is 15.0 Å². The summed E-state index contributed by atoms with van der Waals surface area (Å²) in [5, 5.41) is 15.1. The largest absolute Gasteiger partial charge is 0.368 e. The van der Waals surface area contributed by atoms with Crippen molar-refractivity contribution in [2.75, 3.05) is 31.1 Å². The van der Waals surface area contributed by atoms with Crippen LogP contribution in [-0.2, 0) is 6.54 Å². The van der Waals surface area contributed by atoms with Gasteiger partial charge < -0.3 is 9.42 Å². The van der Waals surface area contributed by atoms with Crippen LogP contribution in [0.15, 0.2) is 22.7 Å². The summed E-state index contributed by atoms with van der Waals surface area (Å²) < 4.78 is 4.97. The molecule has 2 aromatic rings. The van der Waals surface area contributed by atoms with Crippen LogP contribution in [0.4, 0.5) is 11.4 Å². The highest BCUT2D eigenvalue weighted by Crippen LogP contribution is 2.30. The summed E-state index contributed by atoms with van der Waals surface area (Å²) in [6.45, 7) is 5.66. The monoisotopic (exact) mass is 337 g/mol. The van der Waals surface area contributed by atoms with Crippen molar-refractivity contribution in [1.29, 1.82) is 0 Å². The standard InChI is InChI=1S/C14H16ClN5O3/c1-10-16-14(17-23-10)9-18-4-6-19(7-5-18)13-3-2-11(20(21)22)8-12(13)15/h2-3,8H,4-7,9H2,1H3. The van der Waals surface area contributed by atoms with E-state index in [1.54, 1.807) is 13.0 Å². The fourth-order valence-electron chi connectivity index (χ4n) is 2.62. The Balaban J connectivity index is 1.61. The van der Waals surface area contributed by atoms with Gasteiger partial charge in [0.15, 0.2) is 5.82 Å². The van der Waals surface area contributed by atoms with Crippen LogP contribution in [0.2, 0.25) is 5.02 Å². The molecule has 0 aliphatic carbocycles. The fraction of sp³-hybridized carbons (Fsp3) is 0.429. The van der Waals surface area contributed by atoms with E-state index in [0.29, 0.717) is 23.3 Å². The van der Waals surface area contributed by atoms with Gasteiger partial charge in [-0.15, -0.1) is 0 Å². The maximum absolute atomic E-state index is 10.8. The Morgan fingerprint density at radius 1 is 1.35 bits per heavy atom. The molecule has 0 radical (unpaired) electrons. The average molecular weight is 338 g/mol. The number of non-ortho nitro benzene ring substituents is 1. The molecule has 1 fully saturated rings. The fourth-order valence-corrected chi connectivity index (χ4v) is 2.91. The molecule has 0 amide bonds. The highest BCUT2D eigenvalue weighted by Gasteiger charge is 2.21. The van der Waals surface area contributed by atoms with Crippen LogP contribution in [0.1, 0.15) is 11.7 Å². The predicted molar refractivity (Wildman–Crippen MR) is 84.6 cm³/mol. The summed E-state index contributed by atoms with van der Waals surface area (Å²) in [5.41, 5.74) is 0.831. The molecule has 1 aromatic carbocycles. The van der Waals surface area contributed by atoms with Gasteiger partial charge >= 0.3 is 0 Å². The van der Waals surface area contributed by atoms with Crippen LogP contribution in [0.25, 0.3) is 0 Å². The van der Waals surface area contributed by atoms with E-state index in [1.165, 1.54) is 12.1 Å². The number of hydrogen-bond donors (Lipinski definition) is 0. The second kappa shape index (κ2) is 6.51. The Morgan fingerprint density at radius 2 is 2.09 bits per heavy atom. The van der Waals surface area contributed by atoms with Crippen molar-refractivity contribution in [3.8, 4) is 0 Å². The number of nitro benzene ring substituents is 1. The number of halogens is 1. The summed E-state index contributed by atoms with van der Waals surface area (Å²) in [6.07, 6.45) is 0. The smallest absolute Gasteiger partial charge is 0.271 e. The normalized spacial score (nSPS) is 15.8. The molecule has 23 heavy (non-hydrogen) atoms. The third kappa shape index (κ3) is 3.59. The molecule has 0 N–H and O–H groups in total. The Bertz CT molecular complexity index is 712. The van der Waals surface area contributed by atoms with E-state index in [-0.39, 0.29) is 5.69 Å². The number of piperazine rings is 1. The molecule has 1 saturated heterocycles. The van der Waals surface area contributed by atoms with Crippen LogP contribution >= 0.6 is 11.6 Å². The van der Waals surface area contributed by atoms with Crippen molar-refractivity contribution in [2.45, 2.75) is 13.5 Å². The first-order chi connectivity index (χ1) is 11.0. The van der Waals surface area contributed by atoms with E-state index in [1.807, 2.05) is 0 Å². The summed E-state index contributed by atoms with van der Waals surface area (Å²) in [6, 6.07) is 4.58. The lowest BCUT2D eigenvalue weighted by Crippen LogP contribution is -2.46. The van der Waals surface area contributed by atoms with Crippen LogP contribution in [0.5, 0.6) is 0 Å². The van der Waals surface area contributed by atoms with Crippen LogP contribution in [-0.4, -0.2) is 46.1 Å². The molecular formula is C14H16ClN5O3. The number of nitrogens with zero attached hydrogens (tertiary/aromatic N) is 5. The SMILES string of the molecule is Cc1nc(CN2CCN(c3ccc([N+](=O)[O-])cc3Cl)CC2)no1. The van der Waals surface area contributed by atoms with Gasteiger partial charge in [0.25, 0.3) is 5.69 Å². The number of benzene rings is 1. The van der Waals surface area contributed by atoms with Crippen LogP contribution < -0.4 is 4.90 Å². The summed E-state index contributed by atoms with van der Waals surface area (Å²) in [7, 11) is 0. The zero-order valence-corrected chi connectivity index (χ0v) is 13.4. The van der Waals surface area contributed by atoms with Gasteiger partial charge in [-0.3, -0.25) is 15.0 Å². The molecule has 1 aliphatic heterocycles. The lowest BCUT2D eigenvalue weighted by Gasteiger charge is -2.35. The number of nitro groups is 1. The molecule has 1 aromatic heterocycles. The number of hydrogen-bond acceptors (Lipinski definition) is 7. The topological polar surface area (TPSA) is 88.5 Å². The van der Waals surface area contributed by atoms with Gasteiger partial charge in [0.05, 0.1) is 22.2 Å². The Hall–Kier alpha value is -2.19. The van der Waals surface area contributed by atoms with Gasteiger partial charge in [-0.25, -0.2) is 0 Å². The molecule has 3 rings (SSSR count). The van der Waals surface area contributed by atoms with Crippen molar-refractivity contribution in [2.24, 2.45) is 0 Å². The van der Waals surface area contributed by atoms with E-state index >= 15 is 0 Å². The van der Waals surface area contributed by atoms with Crippen LogP contribution in [0, 0.1) is 17.0 Å². The first-order valence-corrected chi connectivity index (χ1v) is 7.61. The number of aryl methyl sites for hydroxylation is 1. The zero-order chi connectivity index (χ0) is 16.4. The highest BCUT2D eigenvalue weighted by molar-refractivity contribution is 6.33. The van der Waals surface area contributed by atoms with E-state index in [4.69, 9.17) is 16.1 Å². The average Bonchev–Trinajstić information content (AvgIpc) is 2.93. The maximum Gasteiger partial charge on any atom is 0.271 e. The second-order valence-electron chi connectivity index (χ2n) is 5.39. The molecule has 9 heteroatoms. The molecule has 122 valence electrons. The molecule has 0 atom stereocenters. The van der Waals surface area contributed by atoms with E-state index in [0.717, 1.165) is 31.9 Å². The lowest BCUT2D eigenvalue weighted by molar-refractivity contribution is -0.384. The summed E-state index contributed by atoms with van der Waals surface area (Å²) in [5.74, 6) is 1.25. The van der Waals surface area contributed by atoms with Gasteiger partial charge in [0.1, 0.15) is 0 Å². The molecule has 0 saturated carbocycles. The van der Waals surface area contributed by atoms with Gasteiger partial charge in [0, 0.05) is 45.2 Å². The molecular weight excluding hydrogens is 322 g/mol. The summed E-state index contributed by atoms with van der Waals surface area (Å²) >= 11 is 6.18. The number of anilines is 1. The number of aromatic nitrogens is 2. The minimum absolute atomic E-state index is 0.00450. The molecule has 2 heterocycles. The first-order valence-electron chi connectivity index (χ1n) is 7.23. The van der Waals surface area contributed by atoms with Crippen molar-refractivity contribution in [3.63, 3.8) is 0 Å². The Morgan fingerprint density at radius 3 is 2.65 bits per heavy atom. The minimum Gasteiger partial charge on any atom is -0.368 e. The lowest BCUT2D eigenvalue weighted by atomic mass is 10.2. The van der Waals surface area contributed by atoms with Gasteiger partial charge in [-0.05, 0) is 6.07 Å². The van der Waals surface area contributed by atoms with Gasteiger partial charge in [-0.1, -0.05) is 16.8 Å². The zero-order valence-electron chi connectivity index (χ0n) is 12.6. The third-order valence-electron chi connectivity index (χ3n) is 3.79. The number of rotatable bonds is 4. The molecule has 1 aliphatic rings. The molecule has 0 spiro atoms. The second-order valence-corrected chi connectivity index (χ2v) is 5.79. The molecule has 0 unspecified atom stereocenters. The van der Waals surface area contributed by atoms with E-state index in [9.17, 15) is 10.1 Å². The molecule has 0 bridgehead atoms. The predicted octanol–water partition coefficient (Wildman–Crippen LogP) is 2.26. The molecule has 8 nitrogen and oxygen atoms in total. The van der Waals surface area contributed by atoms with Gasteiger partial charge in [0.2, 0.25) is 5.89 Å². The third-order valence-corrected chi connectivity index (χ3v) is 4.09. The first kappa shape index (κ1) is 15.7.